The zero-order chi connectivity index (χ0) is 32.8. The third kappa shape index (κ3) is 5.22. The van der Waals surface area contributed by atoms with Gasteiger partial charge in [0.2, 0.25) is 0 Å². The molecule has 2 aliphatic rings. The Hall–Kier alpha value is -5.34. The van der Waals surface area contributed by atoms with Crippen molar-refractivity contribution in [1.29, 1.82) is 0 Å². The Bertz CT molecular complexity index is 2260. The number of hydrogen-bond donors (Lipinski definition) is 0. The zero-order valence-corrected chi connectivity index (χ0v) is 28.3. The van der Waals surface area contributed by atoms with E-state index in [9.17, 15) is 0 Å². The molecule has 8 rings (SSSR count). The van der Waals surface area contributed by atoms with Crippen molar-refractivity contribution in [3.8, 4) is 16.8 Å². The third-order valence-corrected chi connectivity index (χ3v) is 10.3. The minimum Gasteiger partial charge on any atom is -0.335 e. The van der Waals surface area contributed by atoms with Crippen LogP contribution in [0.2, 0.25) is 0 Å². The molecule has 48 heavy (non-hydrogen) atoms. The molecular weight excluding hydrogens is 581 g/mol. The first-order chi connectivity index (χ1) is 23.4. The highest BCUT2D eigenvalue weighted by atomic mass is 15.2. The summed E-state index contributed by atoms with van der Waals surface area (Å²) in [6.45, 7) is 9.30. The van der Waals surface area contributed by atoms with E-state index in [0.29, 0.717) is 5.92 Å². The Morgan fingerprint density at radius 1 is 0.667 bits per heavy atom. The molecule has 0 saturated carbocycles. The zero-order valence-electron chi connectivity index (χ0n) is 28.3. The van der Waals surface area contributed by atoms with Gasteiger partial charge in [-0.2, -0.15) is 0 Å². The minimum atomic E-state index is -0.215. The lowest BCUT2D eigenvalue weighted by atomic mass is 9.80. The highest BCUT2D eigenvalue weighted by Crippen LogP contribution is 2.44. The molecule has 2 aliphatic carbocycles. The van der Waals surface area contributed by atoms with E-state index in [4.69, 9.17) is 0 Å². The molecule has 2 heteroatoms. The molecular formula is C46H42N2. The summed E-state index contributed by atoms with van der Waals surface area (Å²) in [6.07, 6.45) is 11.8. The van der Waals surface area contributed by atoms with Crippen LogP contribution in [0.5, 0.6) is 0 Å². The maximum atomic E-state index is 2.62. The standard InChI is InChI=1S/C46H42N2/c1-32-19-20-33(2)45(29-32)48(39-24-21-36(22-25-39)35-13-7-5-8-14-35)46(4)28-27-40(34(3)31-46)37-23-26-44-42(30-37)41-17-11-12-18-43(41)47(44)38-15-9-6-10-16-38/h5-19,21-27,29-31,33H,20,28H2,1-4H3. The maximum Gasteiger partial charge on any atom is 0.0642 e. The second kappa shape index (κ2) is 12.0. The molecule has 0 amide bonds. The fourth-order valence-electron chi connectivity index (χ4n) is 7.95. The fourth-order valence-corrected chi connectivity index (χ4v) is 7.95. The van der Waals surface area contributed by atoms with Crippen molar-refractivity contribution in [1.82, 2.24) is 4.57 Å². The summed E-state index contributed by atoms with van der Waals surface area (Å²) in [5.74, 6) is 0.433. The molecule has 0 bridgehead atoms. The van der Waals surface area contributed by atoms with Gasteiger partial charge in [-0.3, -0.25) is 0 Å². The van der Waals surface area contributed by atoms with E-state index in [1.165, 1.54) is 72.3 Å². The summed E-state index contributed by atoms with van der Waals surface area (Å²) >= 11 is 0. The highest BCUT2D eigenvalue weighted by molar-refractivity contribution is 6.10. The van der Waals surface area contributed by atoms with E-state index in [0.717, 1.165) is 12.8 Å². The van der Waals surface area contributed by atoms with Crippen molar-refractivity contribution >= 4 is 33.1 Å². The van der Waals surface area contributed by atoms with Crippen LogP contribution < -0.4 is 4.90 Å². The van der Waals surface area contributed by atoms with Crippen LogP contribution >= 0.6 is 0 Å². The topological polar surface area (TPSA) is 8.17 Å². The normalized spacial score (nSPS) is 19.5. The van der Waals surface area contributed by atoms with E-state index < -0.39 is 0 Å². The van der Waals surface area contributed by atoms with Crippen LogP contribution in [-0.2, 0) is 0 Å². The summed E-state index contributed by atoms with van der Waals surface area (Å²) in [4.78, 5) is 2.62. The van der Waals surface area contributed by atoms with E-state index in [2.05, 4.69) is 189 Å². The number of aromatic nitrogens is 1. The van der Waals surface area contributed by atoms with Crippen molar-refractivity contribution in [2.45, 2.75) is 46.1 Å². The van der Waals surface area contributed by atoms with Gasteiger partial charge in [0.05, 0.1) is 16.6 Å². The molecule has 2 nitrogen and oxygen atoms in total. The first-order valence-electron chi connectivity index (χ1n) is 17.2. The lowest BCUT2D eigenvalue weighted by molar-refractivity contribution is 0.507. The molecule has 0 N–H and O–H groups in total. The van der Waals surface area contributed by atoms with Crippen molar-refractivity contribution in [3.05, 3.63) is 174 Å². The molecule has 1 aromatic heterocycles. The van der Waals surface area contributed by atoms with Crippen LogP contribution in [0.1, 0.15) is 46.1 Å². The van der Waals surface area contributed by atoms with Gasteiger partial charge in [0.15, 0.2) is 0 Å². The number of benzene rings is 5. The summed E-state index contributed by atoms with van der Waals surface area (Å²) < 4.78 is 2.39. The third-order valence-electron chi connectivity index (χ3n) is 10.3. The largest absolute Gasteiger partial charge is 0.335 e. The van der Waals surface area contributed by atoms with E-state index in [1.54, 1.807) is 0 Å². The van der Waals surface area contributed by atoms with Crippen LogP contribution in [0.15, 0.2) is 169 Å². The molecule has 2 unspecified atom stereocenters. The highest BCUT2D eigenvalue weighted by Gasteiger charge is 2.36. The molecule has 236 valence electrons. The number of fused-ring (bicyclic) bond motifs is 3. The Morgan fingerprint density at radius 3 is 2.06 bits per heavy atom. The van der Waals surface area contributed by atoms with Gasteiger partial charge in [-0.1, -0.05) is 116 Å². The van der Waals surface area contributed by atoms with Gasteiger partial charge >= 0.3 is 0 Å². The lowest BCUT2D eigenvalue weighted by Crippen LogP contribution is -2.47. The van der Waals surface area contributed by atoms with Crippen LogP contribution in [0.4, 0.5) is 5.69 Å². The lowest BCUT2D eigenvalue weighted by Gasteiger charge is -2.46. The second-order valence-electron chi connectivity index (χ2n) is 13.8. The summed E-state index contributed by atoms with van der Waals surface area (Å²) in [7, 11) is 0. The van der Waals surface area contributed by atoms with Crippen molar-refractivity contribution in [2.24, 2.45) is 5.92 Å². The van der Waals surface area contributed by atoms with Crippen molar-refractivity contribution in [2.75, 3.05) is 4.90 Å². The van der Waals surface area contributed by atoms with Gasteiger partial charge in [0, 0.05) is 27.8 Å². The van der Waals surface area contributed by atoms with Gasteiger partial charge < -0.3 is 9.47 Å². The predicted octanol–water partition coefficient (Wildman–Crippen LogP) is 12.3. The second-order valence-corrected chi connectivity index (χ2v) is 13.8. The molecule has 2 atom stereocenters. The Labute approximate surface area is 284 Å². The van der Waals surface area contributed by atoms with Crippen LogP contribution in [0.3, 0.4) is 0 Å². The SMILES string of the molecule is CC1=CCC(C)C(N(c2ccc(-c3ccccc3)cc2)C2(C)C=C(C)C(c3ccc4c(c3)c3ccccc3n4-c3ccccc3)=CC2)=C1. The first-order valence-corrected chi connectivity index (χ1v) is 17.2. The number of anilines is 1. The van der Waals surface area contributed by atoms with E-state index in [-0.39, 0.29) is 5.54 Å². The number of para-hydroxylation sites is 2. The minimum absolute atomic E-state index is 0.215. The molecule has 6 aromatic rings. The summed E-state index contributed by atoms with van der Waals surface area (Å²) in [6, 6.07) is 46.4. The quantitative estimate of drug-likeness (QED) is 0.179. The maximum absolute atomic E-state index is 2.62. The molecule has 0 radical (unpaired) electrons. The van der Waals surface area contributed by atoms with Gasteiger partial charge in [-0.15, -0.1) is 0 Å². The Kier molecular flexibility index (Phi) is 7.53. The number of rotatable bonds is 6. The number of nitrogens with zero attached hydrogens (tertiary/aromatic N) is 2. The van der Waals surface area contributed by atoms with Gasteiger partial charge in [-0.05, 0) is 116 Å². The average Bonchev–Trinajstić information content (AvgIpc) is 3.44. The van der Waals surface area contributed by atoms with E-state index >= 15 is 0 Å². The Balaban J connectivity index is 1.19. The van der Waals surface area contributed by atoms with Crippen molar-refractivity contribution in [3.63, 3.8) is 0 Å². The molecule has 1 heterocycles. The monoisotopic (exact) mass is 622 g/mol. The molecule has 0 saturated heterocycles. The van der Waals surface area contributed by atoms with E-state index in [1.807, 2.05) is 0 Å². The molecule has 0 aliphatic heterocycles. The van der Waals surface area contributed by atoms with Gasteiger partial charge in [-0.25, -0.2) is 0 Å². The van der Waals surface area contributed by atoms with Crippen LogP contribution in [0, 0.1) is 5.92 Å². The smallest absolute Gasteiger partial charge is 0.0642 e. The Morgan fingerprint density at radius 2 is 1.31 bits per heavy atom. The summed E-state index contributed by atoms with van der Waals surface area (Å²) in [5.41, 5.74) is 13.8. The predicted molar refractivity (Wildman–Crippen MR) is 206 cm³/mol. The first kappa shape index (κ1) is 30.0. The van der Waals surface area contributed by atoms with Crippen LogP contribution in [-0.4, -0.2) is 10.1 Å². The average molecular weight is 623 g/mol. The van der Waals surface area contributed by atoms with Crippen LogP contribution in [0.25, 0.3) is 44.2 Å². The summed E-state index contributed by atoms with van der Waals surface area (Å²) in [5, 5.41) is 2.57. The number of allylic oxidation sites excluding steroid dienone is 6. The molecule has 0 spiro atoms. The molecule has 0 fully saturated rings. The number of hydrogen-bond acceptors (Lipinski definition) is 1. The van der Waals surface area contributed by atoms with Gasteiger partial charge in [0.25, 0.3) is 0 Å². The van der Waals surface area contributed by atoms with Crippen molar-refractivity contribution < 1.29 is 0 Å². The molecule has 5 aromatic carbocycles. The fraction of sp³-hybridized carbons (Fsp3) is 0.174. The van der Waals surface area contributed by atoms with Gasteiger partial charge in [0.1, 0.15) is 0 Å².